The minimum atomic E-state index is -0.0738. The van der Waals surface area contributed by atoms with Gasteiger partial charge in [0.2, 0.25) is 5.91 Å². The SMILES string of the molecule is CCc1ccc(NC(=O)CSc2nnc(COc3ccc(C)cc3C)n2C)cc1. The largest absolute Gasteiger partial charge is 0.485 e. The predicted molar refractivity (Wildman–Crippen MR) is 116 cm³/mol. The first-order valence-electron chi connectivity index (χ1n) is 9.56. The van der Waals surface area contributed by atoms with Crippen LogP contribution in [0.5, 0.6) is 5.75 Å². The maximum absolute atomic E-state index is 12.2. The molecule has 0 atom stereocenters. The zero-order valence-electron chi connectivity index (χ0n) is 17.2. The number of rotatable bonds is 8. The Kier molecular flexibility index (Phi) is 6.93. The first kappa shape index (κ1) is 20.9. The summed E-state index contributed by atoms with van der Waals surface area (Å²) < 4.78 is 7.74. The van der Waals surface area contributed by atoms with Crippen LogP contribution in [0.15, 0.2) is 47.6 Å². The molecule has 0 fully saturated rings. The lowest BCUT2D eigenvalue weighted by atomic mass is 10.1. The summed E-state index contributed by atoms with van der Waals surface area (Å²) in [5.41, 5.74) is 4.33. The number of carbonyl (C=O) groups excluding carboxylic acids is 1. The van der Waals surface area contributed by atoms with Crippen LogP contribution in [0.1, 0.15) is 29.4 Å². The van der Waals surface area contributed by atoms with E-state index in [1.807, 2.05) is 54.9 Å². The van der Waals surface area contributed by atoms with Gasteiger partial charge in [-0.25, -0.2) is 0 Å². The first-order valence-corrected chi connectivity index (χ1v) is 10.5. The first-order chi connectivity index (χ1) is 14.0. The van der Waals surface area contributed by atoms with Crippen LogP contribution in [-0.2, 0) is 24.9 Å². The predicted octanol–water partition coefficient (Wildman–Crippen LogP) is 4.30. The summed E-state index contributed by atoms with van der Waals surface area (Å²) in [7, 11) is 1.88. The number of nitrogens with zero attached hydrogens (tertiary/aromatic N) is 3. The van der Waals surface area contributed by atoms with Crippen molar-refractivity contribution in [1.29, 1.82) is 0 Å². The van der Waals surface area contributed by atoms with Crippen LogP contribution in [0, 0.1) is 13.8 Å². The summed E-state index contributed by atoms with van der Waals surface area (Å²) in [4.78, 5) is 12.2. The number of hydrogen-bond acceptors (Lipinski definition) is 5. The van der Waals surface area contributed by atoms with E-state index in [9.17, 15) is 4.79 Å². The zero-order valence-corrected chi connectivity index (χ0v) is 18.0. The number of hydrogen-bond donors (Lipinski definition) is 1. The van der Waals surface area contributed by atoms with E-state index in [1.165, 1.54) is 22.9 Å². The van der Waals surface area contributed by atoms with Crippen molar-refractivity contribution in [3.8, 4) is 5.75 Å². The fourth-order valence-electron chi connectivity index (χ4n) is 2.85. The highest BCUT2D eigenvalue weighted by Gasteiger charge is 2.13. The lowest BCUT2D eigenvalue weighted by Gasteiger charge is -2.09. The molecule has 0 aliphatic heterocycles. The van der Waals surface area contributed by atoms with E-state index in [2.05, 4.69) is 35.4 Å². The lowest BCUT2D eigenvalue weighted by molar-refractivity contribution is -0.113. The molecule has 1 heterocycles. The van der Waals surface area contributed by atoms with E-state index < -0.39 is 0 Å². The van der Waals surface area contributed by atoms with Crippen molar-refractivity contribution in [2.24, 2.45) is 7.05 Å². The molecule has 0 saturated carbocycles. The van der Waals surface area contributed by atoms with Crippen molar-refractivity contribution >= 4 is 23.4 Å². The molecule has 1 N–H and O–H groups in total. The average Bonchev–Trinajstić information content (AvgIpc) is 3.06. The van der Waals surface area contributed by atoms with Crippen molar-refractivity contribution in [2.75, 3.05) is 11.1 Å². The van der Waals surface area contributed by atoms with E-state index in [-0.39, 0.29) is 11.7 Å². The van der Waals surface area contributed by atoms with Gasteiger partial charge in [0.15, 0.2) is 11.0 Å². The number of benzene rings is 2. The maximum atomic E-state index is 12.2. The van der Waals surface area contributed by atoms with Crippen LogP contribution in [0.3, 0.4) is 0 Å². The summed E-state index contributed by atoms with van der Waals surface area (Å²) in [6.45, 7) is 6.50. The number of aromatic nitrogens is 3. The molecule has 3 rings (SSSR count). The molecule has 0 unspecified atom stereocenters. The Morgan fingerprint density at radius 2 is 1.90 bits per heavy atom. The Balaban J connectivity index is 1.52. The summed E-state index contributed by atoms with van der Waals surface area (Å²) in [6.07, 6.45) is 0.978. The fourth-order valence-corrected chi connectivity index (χ4v) is 3.58. The molecule has 0 radical (unpaired) electrons. The molecule has 3 aromatic rings. The van der Waals surface area contributed by atoms with Gasteiger partial charge in [-0.05, 0) is 49.6 Å². The Bertz CT molecular complexity index is 983. The van der Waals surface area contributed by atoms with Gasteiger partial charge in [-0.2, -0.15) is 0 Å². The van der Waals surface area contributed by atoms with Crippen molar-refractivity contribution in [1.82, 2.24) is 14.8 Å². The Morgan fingerprint density at radius 3 is 2.59 bits per heavy atom. The summed E-state index contributed by atoms with van der Waals surface area (Å²) in [6, 6.07) is 14.0. The standard InChI is InChI=1S/C22H26N4O2S/c1-5-17-7-9-18(10-8-17)23-21(27)14-29-22-25-24-20(26(22)4)13-28-19-11-6-15(2)12-16(19)3/h6-12H,5,13-14H2,1-4H3,(H,23,27). The highest BCUT2D eigenvalue weighted by Crippen LogP contribution is 2.21. The maximum Gasteiger partial charge on any atom is 0.234 e. The third kappa shape index (κ3) is 5.60. The Hall–Kier alpha value is -2.80. The Labute approximate surface area is 175 Å². The van der Waals surface area contributed by atoms with Crippen LogP contribution in [-0.4, -0.2) is 26.4 Å². The van der Waals surface area contributed by atoms with Crippen molar-refractivity contribution < 1.29 is 9.53 Å². The lowest BCUT2D eigenvalue weighted by Crippen LogP contribution is -2.14. The molecule has 29 heavy (non-hydrogen) atoms. The van der Waals surface area contributed by atoms with E-state index in [1.54, 1.807) is 0 Å². The van der Waals surface area contributed by atoms with Gasteiger partial charge >= 0.3 is 0 Å². The molecule has 0 bridgehead atoms. The number of nitrogens with one attached hydrogen (secondary N) is 1. The number of amides is 1. The monoisotopic (exact) mass is 410 g/mol. The molecule has 0 spiro atoms. The van der Waals surface area contributed by atoms with Crippen molar-refractivity contribution in [3.63, 3.8) is 0 Å². The van der Waals surface area contributed by atoms with Gasteiger partial charge in [0.05, 0.1) is 5.75 Å². The van der Waals surface area contributed by atoms with Crippen LogP contribution in [0.25, 0.3) is 0 Å². The highest BCUT2D eigenvalue weighted by molar-refractivity contribution is 7.99. The number of anilines is 1. The second-order valence-electron chi connectivity index (χ2n) is 6.90. The van der Waals surface area contributed by atoms with Gasteiger partial charge in [0, 0.05) is 12.7 Å². The second kappa shape index (κ2) is 9.60. The molecule has 0 aliphatic rings. The highest BCUT2D eigenvalue weighted by atomic mass is 32.2. The minimum Gasteiger partial charge on any atom is -0.485 e. The number of ether oxygens (including phenoxy) is 1. The number of carbonyl (C=O) groups is 1. The second-order valence-corrected chi connectivity index (χ2v) is 7.85. The molecule has 0 saturated heterocycles. The van der Waals surface area contributed by atoms with Crippen LogP contribution < -0.4 is 10.1 Å². The van der Waals surface area contributed by atoms with E-state index >= 15 is 0 Å². The van der Waals surface area contributed by atoms with Crippen LogP contribution in [0.2, 0.25) is 0 Å². The van der Waals surface area contributed by atoms with E-state index in [4.69, 9.17) is 4.74 Å². The quantitative estimate of drug-likeness (QED) is 0.561. The van der Waals surface area contributed by atoms with Crippen LogP contribution >= 0.6 is 11.8 Å². The molecule has 1 aromatic heterocycles. The molecule has 7 heteroatoms. The molecular weight excluding hydrogens is 384 g/mol. The zero-order chi connectivity index (χ0) is 20.8. The molecule has 1 amide bonds. The molecular formula is C22H26N4O2S. The van der Waals surface area contributed by atoms with Crippen molar-refractivity contribution in [3.05, 3.63) is 65.0 Å². The minimum absolute atomic E-state index is 0.0738. The molecule has 152 valence electrons. The average molecular weight is 411 g/mol. The molecule has 0 aliphatic carbocycles. The summed E-state index contributed by atoms with van der Waals surface area (Å²) in [5, 5.41) is 12.0. The van der Waals surface area contributed by atoms with Gasteiger partial charge in [-0.1, -0.05) is 48.5 Å². The number of thioether (sulfide) groups is 1. The third-order valence-electron chi connectivity index (χ3n) is 4.59. The third-order valence-corrected chi connectivity index (χ3v) is 5.61. The normalized spacial score (nSPS) is 10.8. The van der Waals surface area contributed by atoms with E-state index in [0.717, 1.165) is 23.4 Å². The van der Waals surface area contributed by atoms with Gasteiger partial charge in [-0.3, -0.25) is 4.79 Å². The van der Waals surface area contributed by atoms with E-state index in [0.29, 0.717) is 17.6 Å². The number of aryl methyl sites for hydroxylation is 3. The van der Waals surface area contributed by atoms with Gasteiger partial charge in [0.25, 0.3) is 0 Å². The Morgan fingerprint density at radius 1 is 1.14 bits per heavy atom. The summed E-state index contributed by atoms with van der Waals surface area (Å²) >= 11 is 1.35. The topological polar surface area (TPSA) is 69.0 Å². The van der Waals surface area contributed by atoms with Crippen molar-refractivity contribution in [2.45, 2.75) is 39.0 Å². The smallest absolute Gasteiger partial charge is 0.234 e. The molecule has 2 aromatic carbocycles. The van der Waals surface area contributed by atoms with Gasteiger partial charge in [0.1, 0.15) is 12.4 Å². The molecule has 6 nitrogen and oxygen atoms in total. The van der Waals surface area contributed by atoms with Gasteiger partial charge in [-0.15, -0.1) is 10.2 Å². The summed E-state index contributed by atoms with van der Waals surface area (Å²) in [5.74, 6) is 1.74. The fraction of sp³-hybridized carbons (Fsp3) is 0.318. The van der Waals surface area contributed by atoms with Gasteiger partial charge < -0.3 is 14.6 Å². The van der Waals surface area contributed by atoms with Crippen LogP contribution in [0.4, 0.5) is 5.69 Å².